The fraction of sp³-hybridized carbons (Fsp3) is 0.222. The molecular weight excluding hydrogens is 322 g/mol. The van der Waals surface area contributed by atoms with Crippen molar-refractivity contribution in [2.45, 2.75) is 19.4 Å². The van der Waals surface area contributed by atoms with Crippen molar-refractivity contribution in [1.82, 2.24) is 14.8 Å². The molecule has 0 aliphatic carbocycles. The highest BCUT2D eigenvalue weighted by Gasteiger charge is 2.14. The first-order chi connectivity index (χ1) is 11.8. The minimum Gasteiger partial charge on any atom is -0.382 e. The fourth-order valence-electron chi connectivity index (χ4n) is 3.00. The maximum absolute atomic E-state index is 6.46. The first-order valence-electron chi connectivity index (χ1n) is 8.03. The molecule has 2 N–H and O–H groups in total. The summed E-state index contributed by atoms with van der Waals surface area (Å²) >= 11 is 6.46. The SMILES string of the molecule is Clc1cc2c(cc1NCCn1cncn1)Nc1ccccc1CC2. The van der Waals surface area contributed by atoms with Crippen LogP contribution in [0, 0.1) is 0 Å². The lowest BCUT2D eigenvalue weighted by molar-refractivity contribution is 0.636. The van der Waals surface area contributed by atoms with E-state index >= 15 is 0 Å². The van der Waals surface area contributed by atoms with E-state index in [2.05, 4.69) is 57.1 Å². The van der Waals surface area contributed by atoms with Crippen LogP contribution in [0.15, 0.2) is 49.1 Å². The summed E-state index contributed by atoms with van der Waals surface area (Å²) in [5.74, 6) is 0. The highest BCUT2D eigenvalue weighted by molar-refractivity contribution is 6.33. The zero-order valence-electron chi connectivity index (χ0n) is 13.2. The summed E-state index contributed by atoms with van der Waals surface area (Å²) in [4.78, 5) is 3.94. The van der Waals surface area contributed by atoms with E-state index in [1.165, 1.54) is 23.1 Å². The van der Waals surface area contributed by atoms with Crippen molar-refractivity contribution in [1.29, 1.82) is 0 Å². The van der Waals surface area contributed by atoms with Crippen molar-refractivity contribution in [3.8, 4) is 0 Å². The number of nitrogens with one attached hydrogen (secondary N) is 2. The van der Waals surface area contributed by atoms with Crippen LogP contribution in [0.2, 0.25) is 5.02 Å². The fourth-order valence-corrected chi connectivity index (χ4v) is 3.25. The van der Waals surface area contributed by atoms with E-state index < -0.39 is 0 Å². The number of fused-ring (bicyclic) bond motifs is 2. The second kappa shape index (κ2) is 6.53. The molecule has 24 heavy (non-hydrogen) atoms. The molecule has 4 rings (SSSR count). The van der Waals surface area contributed by atoms with Crippen molar-refractivity contribution >= 4 is 28.7 Å². The van der Waals surface area contributed by atoms with Gasteiger partial charge in [0.1, 0.15) is 12.7 Å². The van der Waals surface area contributed by atoms with Crippen molar-refractivity contribution in [3.63, 3.8) is 0 Å². The summed E-state index contributed by atoms with van der Waals surface area (Å²) in [5.41, 5.74) is 5.81. The molecule has 0 bridgehead atoms. The van der Waals surface area contributed by atoms with Crippen LogP contribution in [-0.2, 0) is 19.4 Å². The topological polar surface area (TPSA) is 54.8 Å². The van der Waals surface area contributed by atoms with Gasteiger partial charge in [-0.05, 0) is 42.2 Å². The smallest absolute Gasteiger partial charge is 0.137 e. The Morgan fingerprint density at radius 2 is 2.00 bits per heavy atom. The van der Waals surface area contributed by atoms with Gasteiger partial charge in [-0.2, -0.15) is 5.10 Å². The maximum Gasteiger partial charge on any atom is 0.137 e. The molecule has 0 amide bonds. The Morgan fingerprint density at radius 1 is 1.12 bits per heavy atom. The number of hydrogen-bond donors (Lipinski definition) is 2. The summed E-state index contributed by atoms with van der Waals surface area (Å²) in [6.45, 7) is 1.47. The number of para-hydroxylation sites is 1. The molecule has 1 aromatic heterocycles. The monoisotopic (exact) mass is 339 g/mol. The number of anilines is 3. The third-order valence-corrected chi connectivity index (χ3v) is 4.58. The predicted molar refractivity (Wildman–Crippen MR) is 97.1 cm³/mol. The third kappa shape index (κ3) is 3.08. The molecule has 1 aliphatic rings. The minimum atomic E-state index is 0.735. The molecular formula is C18H18ClN5. The van der Waals surface area contributed by atoms with Crippen LogP contribution in [0.3, 0.4) is 0 Å². The second-order valence-electron chi connectivity index (χ2n) is 5.86. The lowest BCUT2D eigenvalue weighted by Crippen LogP contribution is -2.11. The molecule has 0 radical (unpaired) electrons. The van der Waals surface area contributed by atoms with Gasteiger partial charge in [-0.15, -0.1) is 0 Å². The Hall–Kier alpha value is -2.53. The van der Waals surface area contributed by atoms with Gasteiger partial charge in [0.25, 0.3) is 0 Å². The van der Waals surface area contributed by atoms with Gasteiger partial charge >= 0.3 is 0 Å². The maximum atomic E-state index is 6.46. The number of hydrogen-bond acceptors (Lipinski definition) is 4. The van der Waals surface area contributed by atoms with Crippen molar-refractivity contribution in [3.05, 3.63) is 65.2 Å². The third-order valence-electron chi connectivity index (χ3n) is 4.27. The molecule has 0 saturated heterocycles. The summed E-state index contributed by atoms with van der Waals surface area (Å²) in [5, 5.41) is 11.8. The van der Waals surface area contributed by atoms with E-state index in [9.17, 15) is 0 Å². The van der Waals surface area contributed by atoms with Gasteiger partial charge in [0.05, 0.1) is 17.3 Å². The Morgan fingerprint density at radius 3 is 2.88 bits per heavy atom. The molecule has 1 aliphatic heterocycles. The Balaban J connectivity index is 1.54. The molecule has 0 spiro atoms. The lowest BCUT2D eigenvalue weighted by Gasteiger charge is -2.14. The van der Waals surface area contributed by atoms with Crippen LogP contribution in [0.5, 0.6) is 0 Å². The average molecular weight is 340 g/mol. The average Bonchev–Trinajstić information content (AvgIpc) is 3.04. The number of benzene rings is 2. The Bertz CT molecular complexity index is 845. The first-order valence-corrected chi connectivity index (χ1v) is 8.41. The molecule has 0 saturated carbocycles. The van der Waals surface area contributed by atoms with Crippen molar-refractivity contribution in [2.24, 2.45) is 0 Å². The van der Waals surface area contributed by atoms with Crippen molar-refractivity contribution < 1.29 is 0 Å². The van der Waals surface area contributed by atoms with E-state index in [0.717, 1.165) is 42.3 Å². The summed E-state index contributed by atoms with van der Waals surface area (Å²) in [7, 11) is 0. The highest BCUT2D eigenvalue weighted by Crippen LogP contribution is 2.35. The Kier molecular flexibility index (Phi) is 4.09. The summed E-state index contributed by atoms with van der Waals surface area (Å²) in [6, 6.07) is 12.6. The molecule has 0 unspecified atom stereocenters. The number of aryl methyl sites for hydroxylation is 2. The lowest BCUT2D eigenvalue weighted by atomic mass is 10.0. The molecule has 6 heteroatoms. The Labute approximate surface area is 145 Å². The van der Waals surface area contributed by atoms with Gasteiger partial charge in [-0.1, -0.05) is 29.8 Å². The first kappa shape index (κ1) is 15.0. The van der Waals surface area contributed by atoms with Crippen LogP contribution in [-0.4, -0.2) is 21.3 Å². The zero-order chi connectivity index (χ0) is 16.4. The zero-order valence-corrected chi connectivity index (χ0v) is 13.9. The van der Waals surface area contributed by atoms with Crippen molar-refractivity contribution in [2.75, 3.05) is 17.2 Å². The van der Waals surface area contributed by atoms with Crippen LogP contribution >= 0.6 is 11.6 Å². The molecule has 122 valence electrons. The normalized spacial score (nSPS) is 12.7. The van der Waals surface area contributed by atoms with Gasteiger partial charge in [-0.25, -0.2) is 4.98 Å². The van der Waals surface area contributed by atoms with Crippen LogP contribution < -0.4 is 10.6 Å². The molecule has 0 atom stereocenters. The number of rotatable bonds is 4. The van der Waals surface area contributed by atoms with Gasteiger partial charge in [0.15, 0.2) is 0 Å². The largest absolute Gasteiger partial charge is 0.382 e. The standard InChI is InChI=1S/C18H18ClN5/c19-15-9-14-6-5-13-3-1-2-4-16(13)23-17(14)10-18(15)21-7-8-24-12-20-11-22-24/h1-4,9-12,21,23H,5-8H2. The van der Waals surface area contributed by atoms with E-state index in [1.54, 1.807) is 11.0 Å². The number of nitrogens with zero attached hydrogens (tertiary/aromatic N) is 3. The molecule has 2 aromatic carbocycles. The summed E-state index contributed by atoms with van der Waals surface area (Å²) < 4.78 is 1.79. The van der Waals surface area contributed by atoms with Gasteiger partial charge < -0.3 is 10.6 Å². The van der Waals surface area contributed by atoms with Gasteiger partial charge in [-0.3, -0.25) is 4.68 Å². The quantitative estimate of drug-likeness (QED) is 0.757. The van der Waals surface area contributed by atoms with E-state index in [-0.39, 0.29) is 0 Å². The van der Waals surface area contributed by atoms with Gasteiger partial charge in [0.2, 0.25) is 0 Å². The van der Waals surface area contributed by atoms with E-state index in [1.807, 2.05) is 0 Å². The molecule has 0 fully saturated rings. The predicted octanol–water partition coefficient (Wildman–Crippen LogP) is 3.89. The van der Waals surface area contributed by atoms with E-state index in [0.29, 0.717) is 0 Å². The number of halogens is 1. The second-order valence-corrected chi connectivity index (χ2v) is 6.26. The molecule has 2 heterocycles. The van der Waals surface area contributed by atoms with Crippen LogP contribution in [0.25, 0.3) is 0 Å². The van der Waals surface area contributed by atoms with Gasteiger partial charge in [0, 0.05) is 17.9 Å². The molecule has 5 nitrogen and oxygen atoms in total. The van der Waals surface area contributed by atoms with E-state index in [4.69, 9.17) is 11.6 Å². The van der Waals surface area contributed by atoms with Crippen LogP contribution in [0.4, 0.5) is 17.1 Å². The minimum absolute atomic E-state index is 0.735. The van der Waals surface area contributed by atoms with Crippen LogP contribution in [0.1, 0.15) is 11.1 Å². The molecule has 3 aromatic rings. The highest BCUT2D eigenvalue weighted by atomic mass is 35.5. The summed E-state index contributed by atoms with van der Waals surface area (Å²) in [6.07, 6.45) is 5.25. The number of aromatic nitrogens is 3.